The molecular weight excluding hydrogens is 152 g/mol. The molecule has 0 bridgehead atoms. The first kappa shape index (κ1) is 9.52. The first-order valence-corrected chi connectivity index (χ1v) is 4.49. The van der Waals surface area contributed by atoms with Crippen LogP contribution in [0.5, 0.6) is 0 Å². The van der Waals surface area contributed by atoms with E-state index in [9.17, 15) is 4.79 Å². The Morgan fingerprint density at radius 3 is 2.58 bits per heavy atom. The Bertz CT molecular complexity index is 189. The van der Waals surface area contributed by atoms with E-state index in [4.69, 9.17) is 0 Å². The fourth-order valence-electron chi connectivity index (χ4n) is 1.43. The van der Waals surface area contributed by atoms with E-state index in [1.807, 2.05) is 13.8 Å². The maximum atomic E-state index is 11.5. The zero-order valence-electron chi connectivity index (χ0n) is 8.27. The van der Waals surface area contributed by atoms with Crippen LogP contribution in [0.4, 0.5) is 0 Å². The maximum Gasteiger partial charge on any atom is 0.239 e. The molecule has 1 saturated heterocycles. The van der Waals surface area contributed by atoms with Gasteiger partial charge in [-0.3, -0.25) is 4.79 Å². The van der Waals surface area contributed by atoms with Crippen LogP contribution in [0, 0.1) is 5.92 Å². The number of rotatable bonds is 0. The van der Waals surface area contributed by atoms with Crippen molar-refractivity contribution in [1.82, 2.24) is 10.6 Å². The molecule has 1 amide bonds. The summed E-state index contributed by atoms with van der Waals surface area (Å²) in [5, 5.41) is 6.22. The third-order valence-electron chi connectivity index (χ3n) is 2.59. The minimum absolute atomic E-state index is 0.0960. The zero-order valence-corrected chi connectivity index (χ0v) is 8.27. The van der Waals surface area contributed by atoms with Crippen LogP contribution in [-0.4, -0.2) is 24.0 Å². The molecule has 0 saturated carbocycles. The third kappa shape index (κ3) is 1.78. The van der Waals surface area contributed by atoms with E-state index < -0.39 is 5.54 Å². The van der Waals surface area contributed by atoms with Crippen LogP contribution in [-0.2, 0) is 4.79 Å². The molecule has 2 unspecified atom stereocenters. The van der Waals surface area contributed by atoms with Crippen molar-refractivity contribution in [1.29, 1.82) is 0 Å². The molecule has 0 radical (unpaired) electrons. The van der Waals surface area contributed by atoms with Crippen LogP contribution in [0.25, 0.3) is 0 Å². The first-order valence-electron chi connectivity index (χ1n) is 4.49. The van der Waals surface area contributed by atoms with Crippen LogP contribution in [0.15, 0.2) is 0 Å². The number of hydrogen-bond donors (Lipinski definition) is 2. The van der Waals surface area contributed by atoms with Crippen molar-refractivity contribution >= 4 is 5.91 Å². The fraction of sp³-hybridized carbons (Fsp3) is 0.889. The van der Waals surface area contributed by atoms with Crippen LogP contribution in [0.3, 0.4) is 0 Å². The average Bonchev–Trinajstić information content (AvgIpc) is 2.03. The Morgan fingerprint density at radius 2 is 2.00 bits per heavy atom. The van der Waals surface area contributed by atoms with Gasteiger partial charge in [0.1, 0.15) is 0 Å². The molecule has 0 spiro atoms. The van der Waals surface area contributed by atoms with Gasteiger partial charge in [-0.1, -0.05) is 6.92 Å². The Hall–Kier alpha value is -0.570. The van der Waals surface area contributed by atoms with Gasteiger partial charge in [-0.15, -0.1) is 0 Å². The average molecular weight is 170 g/mol. The Kier molecular flexibility index (Phi) is 2.42. The molecule has 0 aliphatic carbocycles. The molecule has 12 heavy (non-hydrogen) atoms. The van der Waals surface area contributed by atoms with Gasteiger partial charge in [0.05, 0.1) is 5.54 Å². The Morgan fingerprint density at radius 1 is 1.42 bits per heavy atom. The normalized spacial score (nSPS) is 35.5. The van der Waals surface area contributed by atoms with Crippen molar-refractivity contribution in [3.8, 4) is 0 Å². The maximum absolute atomic E-state index is 11.5. The largest absolute Gasteiger partial charge is 0.354 e. The van der Waals surface area contributed by atoms with Gasteiger partial charge in [0.15, 0.2) is 0 Å². The quantitative estimate of drug-likeness (QED) is 0.556. The minimum Gasteiger partial charge on any atom is -0.354 e. The highest BCUT2D eigenvalue weighted by atomic mass is 16.2. The van der Waals surface area contributed by atoms with Crippen molar-refractivity contribution in [2.45, 2.75) is 39.3 Å². The predicted octanol–water partition coefficient (Wildman–Crippen LogP) is 0.509. The lowest BCUT2D eigenvalue weighted by Gasteiger charge is -2.26. The van der Waals surface area contributed by atoms with E-state index in [0.717, 1.165) is 6.54 Å². The van der Waals surface area contributed by atoms with Gasteiger partial charge in [-0.05, 0) is 26.7 Å². The summed E-state index contributed by atoms with van der Waals surface area (Å²) >= 11 is 0. The second kappa shape index (κ2) is 3.05. The predicted molar refractivity (Wildman–Crippen MR) is 48.9 cm³/mol. The Labute approximate surface area is 73.9 Å². The molecule has 0 aromatic carbocycles. The summed E-state index contributed by atoms with van der Waals surface area (Å²) < 4.78 is 0. The third-order valence-corrected chi connectivity index (χ3v) is 2.59. The molecule has 70 valence electrons. The van der Waals surface area contributed by atoms with Crippen molar-refractivity contribution in [2.75, 3.05) is 6.54 Å². The summed E-state index contributed by atoms with van der Waals surface area (Å²) in [6.45, 7) is 8.86. The molecule has 2 atom stereocenters. The smallest absolute Gasteiger partial charge is 0.239 e. The summed E-state index contributed by atoms with van der Waals surface area (Å²) in [6, 6.07) is 0.388. The van der Waals surface area contributed by atoms with Gasteiger partial charge in [0, 0.05) is 12.6 Å². The molecule has 3 nitrogen and oxygen atoms in total. The molecular formula is C9H18N2O. The lowest BCUT2D eigenvalue weighted by atomic mass is 10.0. The molecule has 1 fully saturated rings. The molecule has 3 heteroatoms. The minimum atomic E-state index is -0.426. The van der Waals surface area contributed by atoms with E-state index >= 15 is 0 Å². The van der Waals surface area contributed by atoms with E-state index in [-0.39, 0.29) is 5.91 Å². The number of hydrogen-bond acceptors (Lipinski definition) is 2. The number of carbonyl (C=O) groups excluding carboxylic acids is 1. The number of nitrogens with one attached hydrogen (secondary N) is 2. The zero-order chi connectivity index (χ0) is 9.35. The van der Waals surface area contributed by atoms with Gasteiger partial charge in [0.25, 0.3) is 0 Å². The van der Waals surface area contributed by atoms with Gasteiger partial charge in [0.2, 0.25) is 5.91 Å². The summed E-state index contributed by atoms with van der Waals surface area (Å²) in [5.74, 6) is 0.592. The van der Waals surface area contributed by atoms with Crippen LogP contribution >= 0.6 is 0 Å². The second-order valence-corrected chi connectivity index (χ2v) is 4.25. The number of carbonyl (C=O) groups is 1. The monoisotopic (exact) mass is 170 g/mol. The SMILES string of the molecule is CC1CNC(=O)C(C)(C)NC1C. The van der Waals surface area contributed by atoms with Gasteiger partial charge in [-0.2, -0.15) is 0 Å². The van der Waals surface area contributed by atoms with Gasteiger partial charge < -0.3 is 10.6 Å². The highest BCUT2D eigenvalue weighted by molar-refractivity contribution is 5.85. The first-order chi connectivity index (χ1) is 5.43. The van der Waals surface area contributed by atoms with Crippen molar-refractivity contribution < 1.29 is 4.79 Å². The molecule has 1 aliphatic rings. The van der Waals surface area contributed by atoms with Crippen LogP contribution < -0.4 is 10.6 Å². The van der Waals surface area contributed by atoms with Crippen molar-refractivity contribution in [2.24, 2.45) is 5.92 Å². The topological polar surface area (TPSA) is 41.1 Å². The molecule has 0 aromatic rings. The Balaban J connectivity index is 2.75. The lowest BCUT2D eigenvalue weighted by molar-refractivity contribution is -0.125. The van der Waals surface area contributed by atoms with Crippen molar-refractivity contribution in [3.63, 3.8) is 0 Å². The van der Waals surface area contributed by atoms with Crippen molar-refractivity contribution in [3.05, 3.63) is 0 Å². The van der Waals surface area contributed by atoms with E-state index in [0.29, 0.717) is 12.0 Å². The lowest BCUT2D eigenvalue weighted by Crippen LogP contribution is -2.52. The molecule has 1 rings (SSSR count). The summed E-state index contributed by atoms with van der Waals surface area (Å²) in [5.41, 5.74) is -0.426. The standard InChI is InChI=1S/C9H18N2O/c1-6-5-10-8(12)9(3,4)11-7(6)2/h6-7,11H,5H2,1-4H3,(H,10,12). The van der Waals surface area contributed by atoms with E-state index in [1.54, 1.807) is 0 Å². The molecule has 1 aliphatic heterocycles. The summed E-state index contributed by atoms with van der Waals surface area (Å²) in [7, 11) is 0. The van der Waals surface area contributed by atoms with Crippen LogP contribution in [0.2, 0.25) is 0 Å². The highest BCUT2D eigenvalue weighted by Crippen LogP contribution is 2.12. The van der Waals surface area contributed by atoms with Gasteiger partial charge in [-0.25, -0.2) is 0 Å². The summed E-state index contributed by atoms with van der Waals surface area (Å²) in [6.07, 6.45) is 0. The fourth-order valence-corrected chi connectivity index (χ4v) is 1.43. The molecule has 2 N–H and O–H groups in total. The number of amides is 1. The van der Waals surface area contributed by atoms with E-state index in [2.05, 4.69) is 24.5 Å². The van der Waals surface area contributed by atoms with E-state index in [1.165, 1.54) is 0 Å². The highest BCUT2D eigenvalue weighted by Gasteiger charge is 2.33. The van der Waals surface area contributed by atoms with Gasteiger partial charge >= 0.3 is 0 Å². The van der Waals surface area contributed by atoms with Crippen LogP contribution in [0.1, 0.15) is 27.7 Å². The molecule has 1 heterocycles. The second-order valence-electron chi connectivity index (χ2n) is 4.25. The molecule has 0 aromatic heterocycles. The summed E-state index contributed by atoms with van der Waals surface area (Å²) in [4.78, 5) is 11.5.